The van der Waals surface area contributed by atoms with Gasteiger partial charge < -0.3 is 10.5 Å². The summed E-state index contributed by atoms with van der Waals surface area (Å²) in [6, 6.07) is 10.5. The molecule has 1 heterocycles. The highest BCUT2D eigenvalue weighted by Gasteiger charge is 2.18. The molecule has 0 aliphatic carbocycles. The first-order chi connectivity index (χ1) is 9.09. The molecule has 0 saturated heterocycles. The van der Waals surface area contributed by atoms with E-state index in [4.69, 9.17) is 10.5 Å². The van der Waals surface area contributed by atoms with Crippen LogP contribution in [-0.4, -0.2) is 16.9 Å². The van der Waals surface area contributed by atoms with Crippen LogP contribution < -0.4 is 10.5 Å². The van der Waals surface area contributed by atoms with E-state index in [2.05, 4.69) is 4.98 Å². The summed E-state index contributed by atoms with van der Waals surface area (Å²) < 4.78 is 5.64. The van der Waals surface area contributed by atoms with Crippen molar-refractivity contribution in [2.24, 2.45) is 0 Å². The summed E-state index contributed by atoms with van der Waals surface area (Å²) in [5.41, 5.74) is 6.88. The number of anilines is 1. The molecule has 4 heteroatoms. The van der Waals surface area contributed by atoms with Gasteiger partial charge in [0.2, 0.25) is 5.78 Å². The Bertz CT molecular complexity index is 594. The number of benzene rings is 1. The van der Waals surface area contributed by atoms with Crippen molar-refractivity contribution in [2.45, 2.75) is 20.0 Å². The average Bonchev–Trinajstić information content (AvgIpc) is 2.38. The van der Waals surface area contributed by atoms with E-state index in [0.717, 1.165) is 0 Å². The Morgan fingerprint density at radius 3 is 2.63 bits per heavy atom. The fourth-order valence-corrected chi connectivity index (χ4v) is 1.75. The van der Waals surface area contributed by atoms with Gasteiger partial charge in [0.25, 0.3) is 0 Å². The third kappa shape index (κ3) is 2.91. The van der Waals surface area contributed by atoms with Crippen LogP contribution in [-0.2, 0) is 0 Å². The fraction of sp³-hybridized carbons (Fsp3) is 0.200. The molecule has 0 atom stereocenters. The van der Waals surface area contributed by atoms with Crippen molar-refractivity contribution in [2.75, 3.05) is 5.73 Å². The summed E-state index contributed by atoms with van der Waals surface area (Å²) in [7, 11) is 0. The SMILES string of the molecule is CC(C)Oc1ccccc1C(=O)c1ncccc1N. The van der Waals surface area contributed by atoms with Crippen LogP contribution >= 0.6 is 0 Å². The Labute approximate surface area is 112 Å². The fourth-order valence-electron chi connectivity index (χ4n) is 1.75. The van der Waals surface area contributed by atoms with E-state index in [-0.39, 0.29) is 17.6 Å². The summed E-state index contributed by atoms with van der Waals surface area (Å²) in [6.07, 6.45) is 1.55. The van der Waals surface area contributed by atoms with Crippen molar-refractivity contribution in [3.8, 4) is 5.75 Å². The zero-order valence-corrected chi connectivity index (χ0v) is 11.0. The first-order valence-corrected chi connectivity index (χ1v) is 6.10. The number of rotatable bonds is 4. The van der Waals surface area contributed by atoms with Gasteiger partial charge in [-0.05, 0) is 38.1 Å². The standard InChI is InChI=1S/C15H16N2O2/c1-10(2)19-13-8-4-3-6-11(13)15(18)14-12(16)7-5-9-17-14/h3-10H,16H2,1-2H3. The number of ether oxygens (including phenoxy) is 1. The minimum atomic E-state index is -0.227. The molecular formula is C15H16N2O2. The number of hydrogen-bond donors (Lipinski definition) is 1. The molecule has 98 valence electrons. The van der Waals surface area contributed by atoms with Gasteiger partial charge in [0.1, 0.15) is 11.4 Å². The third-order valence-corrected chi connectivity index (χ3v) is 2.55. The van der Waals surface area contributed by atoms with E-state index < -0.39 is 0 Å². The highest BCUT2D eigenvalue weighted by Crippen LogP contribution is 2.23. The molecule has 0 amide bonds. The van der Waals surface area contributed by atoms with E-state index >= 15 is 0 Å². The lowest BCUT2D eigenvalue weighted by atomic mass is 10.1. The van der Waals surface area contributed by atoms with Crippen LogP contribution in [0, 0.1) is 0 Å². The summed E-state index contributed by atoms with van der Waals surface area (Å²) in [6.45, 7) is 3.83. The molecule has 1 aromatic carbocycles. The minimum Gasteiger partial charge on any atom is -0.490 e. The Morgan fingerprint density at radius 1 is 1.21 bits per heavy atom. The highest BCUT2D eigenvalue weighted by molar-refractivity contribution is 6.12. The van der Waals surface area contributed by atoms with Crippen LogP contribution in [0.4, 0.5) is 5.69 Å². The lowest BCUT2D eigenvalue weighted by Crippen LogP contribution is -2.12. The van der Waals surface area contributed by atoms with E-state index in [0.29, 0.717) is 17.0 Å². The molecule has 1 aromatic heterocycles. The first kappa shape index (κ1) is 13.1. The molecule has 0 unspecified atom stereocenters. The van der Waals surface area contributed by atoms with Gasteiger partial charge in [-0.2, -0.15) is 0 Å². The molecule has 2 rings (SSSR count). The van der Waals surface area contributed by atoms with Crippen LogP contribution in [0.5, 0.6) is 5.75 Å². The molecule has 4 nitrogen and oxygen atoms in total. The molecule has 0 aliphatic heterocycles. The monoisotopic (exact) mass is 256 g/mol. The lowest BCUT2D eigenvalue weighted by molar-refractivity contribution is 0.102. The molecule has 0 spiro atoms. The van der Waals surface area contributed by atoms with Crippen molar-refractivity contribution in [1.29, 1.82) is 0 Å². The topological polar surface area (TPSA) is 65.2 Å². The van der Waals surface area contributed by atoms with Crippen LogP contribution in [0.15, 0.2) is 42.6 Å². The third-order valence-electron chi connectivity index (χ3n) is 2.55. The van der Waals surface area contributed by atoms with Gasteiger partial charge in [-0.15, -0.1) is 0 Å². The van der Waals surface area contributed by atoms with Crippen molar-refractivity contribution < 1.29 is 9.53 Å². The van der Waals surface area contributed by atoms with E-state index in [1.54, 1.807) is 36.5 Å². The lowest BCUT2D eigenvalue weighted by Gasteiger charge is -2.13. The highest BCUT2D eigenvalue weighted by atomic mass is 16.5. The second kappa shape index (κ2) is 5.52. The number of ketones is 1. The van der Waals surface area contributed by atoms with Crippen molar-refractivity contribution in [3.63, 3.8) is 0 Å². The number of para-hydroxylation sites is 1. The van der Waals surface area contributed by atoms with Crippen molar-refractivity contribution in [1.82, 2.24) is 4.98 Å². The zero-order chi connectivity index (χ0) is 13.8. The maximum atomic E-state index is 12.4. The van der Waals surface area contributed by atoms with Gasteiger partial charge in [0, 0.05) is 6.20 Å². The molecule has 0 bridgehead atoms. The normalized spacial score (nSPS) is 10.5. The molecular weight excluding hydrogens is 240 g/mol. The molecule has 0 saturated carbocycles. The molecule has 2 N–H and O–H groups in total. The van der Waals surface area contributed by atoms with Crippen LogP contribution in [0.1, 0.15) is 29.9 Å². The second-order valence-electron chi connectivity index (χ2n) is 4.43. The summed E-state index contributed by atoms with van der Waals surface area (Å²) in [5, 5.41) is 0. The Hall–Kier alpha value is -2.36. The molecule has 0 radical (unpaired) electrons. The van der Waals surface area contributed by atoms with E-state index in [9.17, 15) is 4.79 Å². The Balaban J connectivity index is 2.42. The number of pyridine rings is 1. The van der Waals surface area contributed by atoms with Crippen LogP contribution in [0.2, 0.25) is 0 Å². The molecule has 0 aliphatic rings. The molecule has 0 fully saturated rings. The Kier molecular flexibility index (Phi) is 3.80. The van der Waals surface area contributed by atoms with Gasteiger partial charge in [0.05, 0.1) is 17.4 Å². The molecule has 19 heavy (non-hydrogen) atoms. The van der Waals surface area contributed by atoms with Crippen molar-refractivity contribution in [3.05, 3.63) is 53.9 Å². The van der Waals surface area contributed by atoms with Gasteiger partial charge in [-0.1, -0.05) is 12.1 Å². The molecule has 2 aromatic rings. The van der Waals surface area contributed by atoms with E-state index in [1.165, 1.54) is 0 Å². The summed E-state index contributed by atoms with van der Waals surface area (Å²) >= 11 is 0. The number of nitrogen functional groups attached to an aromatic ring is 1. The number of carbonyl (C=O) groups excluding carboxylic acids is 1. The maximum absolute atomic E-state index is 12.4. The minimum absolute atomic E-state index is 0.00460. The summed E-state index contributed by atoms with van der Waals surface area (Å²) in [5.74, 6) is 0.321. The number of hydrogen-bond acceptors (Lipinski definition) is 4. The van der Waals surface area contributed by atoms with Gasteiger partial charge in [-0.25, -0.2) is 0 Å². The predicted octanol–water partition coefficient (Wildman–Crippen LogP) is 2.68. The first-order valence-electron chi connectivity index (χ1n) is 6.10. The largest absolute Gasteiger partial charge is 0.490 e. The Morgan fingerprint density at radius 2 is 1.95 bits per heavy atom. The maximum Gasteiger partial charge on any atom is 0.217 e. The quantitative estimate of drug-likeness (QED) is 0.854. The van der Waals surface area contributed by atoms with Crippen LogP contribution in [0.3, 0.4) is 0 Å². The summed E-state index contributed by atoms with van der Waals surface area (Å²) in [4.78, 5) is 16.5. The average molecular weight is 256 g/mol. The number of nitrogens with two attached hydrogens (primary N) is 1. The second-order valence-corrected chi connectivity index (χ2v) is 4.43. The van der Waals surface area contributed by atoms with E-state index in [1.807, 2.05) is 19.9 Å². The predicted molar refractivity (Wildman–Crippen MR) is 74.3 cm³/mol. The number of aromatic nitrogens is 1. The van der Waals surface area contributed by atoms with Crippen LogP contribution in [0.25, 0.3) is 0 Å². The van der Waals surface area contributed by atoms with Gasteiger partial charge in [0.15, 0.2) is 0 Å². The number of nitrogens with zero attached hydrogens (tertiary/aromatic N) is 1. The number of carbonyl (C=O) groups is 1. The zero-order valence-electron chi connectivity index (χ0n) is 11.0. The van der Waals surface area contributed by atoms with Gasteiger partial charge in [-0.3, -0.25) is 9.78 Å². The smallest absolute Gasteiger partial charge is 0.217 e. The van der Waals surface area contributed by atoms with Crippen molar-refractivity contribution >= 4 is 11.5 Å². The van der Waals surface area contributed by atoms with Gasteiger partial charge >= 0.3 is 0 Å².